The number of hydrogen-bond donors (Lipinski definition) is 2. The number of aryl methyl sites for hydroxylation is 1. The number of benzene rings is 1. The van der Waals surface area contributed by atoms with Crippen molar-refractivity contribution in [2.75, 3.05) is 13.6 Å². The lowest BCUT2D eigenvalue weighted by molar-refractivity contribution is -0.131. The van der Waals surface area contributed by atoms with Crippen molar-refractivity contribution >= 4 is 16.8 Å². The molecule has 1 saturated carbocycles. The summed E-state index contributed by atoms with van der Waals surface area (Å²) in [5, 5.41) is 11.3. The Hall–Kier alpha value is -1.81. The Bertz CT molecular complexity index is 679. The number of hydrogen-bond acceptors (Lipinski definition) is 2. The van der Waals surface area contributed by atoms with Gasteiger partial charge < -0.3 is 15.0 Å². The van der Waals surface area contributed by atoms with Crippen LogP contribution in [-0.4, -0.2) is 40.6 Å². The third kappa shape index (κ3) is 3.99. The molecule has 0 saturated heterocycles. The van der Waals surface area contributed by atoms with E-state index in [4.69, 9.17) is 0 Å². The standard InChI is InChI=1S/C20H28N2O2/c1-22(14-16-7-2-5-11-19(16)23)20(24)12-6-8-15-13-21-18-10-4-3-9-17(15)18/h3-4,9-10,13,16,19,21,23H,2,5-8,11-12,14H2,1H3. The zero-order valence-corrected chi connectivity index (χ0v) is 14.5. The van der Waals surface area contributed by atoms with E-state index < -0.39 is 0 Å². The molecule has 130 valence electrons. The third-order valence-corrected chi connectivity index (χ3v) is 5.31. The molecule has 24 heavy (non-hydrogen) atoms. The lowest BCUT2D eigenvalue weighted by atomic mass is 9.86. The number of aliphatic hydroxyl groups excluding tert-OH is 1. The molecular weight excluding hydrogens is 300 g/mol. The monoisotopic (exact) mass is 328 g/mol. The van der Waals surface area contributed by atoms with Gasteiger partial charge in [-0.2, -0.15) is 0 Å². The lowest BCUT2D eigenvalue weighted by Crippen LogP contribution is -2.38. The normalized spacial score (nSPS) is 21.1. The summed E-state index contributed by atoms with van der Waals surface area (Å²) < 4.78 is 0. The van der Waals surface area contributed by atoms with Gasteiger partial charge in [-0.15, -0.1) is 0 Å². The Morgan fingerprint density at radius 1 is 1.29 bits per heavy atom. The molecule has 1 amide bonds. The average molecular weight is 328 g/mol. The van der Waals surface area contributed by atoms with Crippen LogP contribution in [0, 0.1) is 5.92 Å². The summed E-state index contributed by atoms with van der Waals surface area (Å²) >= 11 is 0. The number of aromatic nitrogens is 1. The van der Waals surface area contributed by atoms with E-state index in [2.05, 4.69) is 23.3 Å². The summed E-state index contributed by atoms with van der Waals surface area (Å²) in [6, 6.07) is 8.28. The number of carbonyl (C=O) groups is 1. The molecule has 1 heterocycles. The van der Waals surface area contributed by atoms with Crippen molar-refractivity contribution < 1.29 is 9.90 Å². The van der Waals surface area contributed by atoms with Gasteiger partial charge in [0.1, 0.15) is 0 Å². The predicted molar refractivity (Wildman–Crippen MR) is 96.8 cm³/mol. The molecule has 0 radical (unpaired) electrons. The molecule has 1 aromatic carbocycles. The summed E-state index contributed by atoms with van der Waals surface area (Å²) in [4.78, 5) is 17.5. The number of fused-ring (bicyclic) bond motifs is 1. The Kier molecular flexibility index (Phi) is 5.56. The van der Waals surface area contributed by atoms with Crippen LogP contribution < -0.4 is 0 Å². The second-order valence-electron chi connectivity index (χ2n) is 7.10. The molecule has 3 rings (SSSR count). The third-order valence-electron chi connectivity index (χ3n) is 5.31. The van der Waals surface area contributed by atoms with Gasteiger partial charge >= 0.3 is 0 Å². The van der Waals surface area contributed by atoms with Crippen LogP contribution in [0.4, 0.5) is 0 Å². The maximum absolute atomic E-state index is 12.4. The zero-order valence-electron chi connectivity index (χ0n) is 14.5. The minimum atomic E-state index is -0.236. The Morgan fingerprint density at radius 3 is 2.92 bits per heavy atom. The van der Waals surface area contributed by atoms with E-state index in [9.17, 15) is 9.90 Å². The molecule has 4 nitrogen and oxygen atoms in total. The minimum absolute atomic E-state index is 0.188. The second-order valence-corrected chi connectivity index (χ2v) is 7.10. The number of aromatic amines is 1. The first kappa shape index (κ1) is 17.0. The van der Waals surface area contributed by atoms with Crippen LogP contribution in [0.15, 0.2) is 30.5 Å². The number of H-pyrrole nitrogens is 1. The first-order valence-electron chi connectivity index (χ1n) is 9.12. The number of nitrogens with zero attached hydrogens (tertiary/aromatic N) is 1. The minimum Gasteiger partial charge on any atom is -0.393 e. The van der Waals surface area contributed by atoms with Gasteiger partial charge in [-0.3, -0.25) is 4.79 Å². The van der Waals surface area contributed by atoms with E-state index in [1.165, 1.54) is 17.4 Å². The fourth-order valence-corrected chi connectivity index (χ4v) is 3.81. The van der Waals surface area contributed by atoms with Crippen molar-refractivity contribution in [3.8, 4) is 0 Å². The average Bonchev–Trinajstić information content (AvgIpc) is 3.00. The second kappa shape index (κ2) is 7.84. The first-order chi connectivity index (χ1) is 11.6. The van der Waals surface area contributed by atoms with Gasteiger partial charge in [-0.1, -0.05) is 31.0 Å². The maximum Gasteiger partial charge on any atom is 0.222 e. The SMILES string of the molecule is CN(CC1CCCCC1O)C(=O)CCCc1c[nH]c2ccccc12. The van der Waals surface area contributed by atoms with Gasteiger partial charge in [0.05, 0.1) is 6.10 Å². The van der Waals surface area contributed by atoms with Crippen LogP contribution in [0.3, 0.4) is 0 Å². The fraction of sp³-hybridized carbons (Fsp3) is 0.550. The van der Waals surface area contributed by atoms with Crippen molar-refractivity contribution in [2.24, 2.45) is 5.92 Å². The number of rotatable bonds is 6. The Morgan fingerprint density at radius 2 is 2.08 bits per heavy atom. The van der Waals surface area contributed by atoms with Gasteiger partial charge in [0.25, 0.3) is 0 Å². The molecule has 1 aliphatic rings. The summed E-state index contributed by atoms with van der Waals surface area (Å²) in [7, 11) is 1.87. The van der Waals surface area contributed by atoms with E-state index in [-0.39, 0.29) is 17.9 Å². The highest BCUT2D eigenvalue weighted by molar-refractivity contribution is 5.83. The van der Waals surface area contributed by atoms with Crippen LogP contribution in [-0.2, 0) is 11.2 Å². The van der Waals surface area contributed by atoms with Crippen LogP contribution in [0.25, 0.3) is 10.9 Å². The molecule has 2 unspecified atom stereocenters. The number of aliphatic hydroxyl groups is 1. The smallest absolute Gasteiger partial charge is 0.222 e. The molecule has 1 fully saturated rings. The van der Waals surface area contributed by atoms with E-state index >= 15 is 0 Å². The topological polar surface area (TPSA) is 56.3 Å². The maximum atomic E-state index is 12.4. The molecular formula is C20H28N2O2. The van der Waals surface area contributed by atoms with Gasteiger partial charge in [0, 0.05) is 43.0 Å². The highest BCUT2D eigenvalue weighted by atomic mass is 16.3. The molecule has 2 atom stereocenters. The predicted octanol–water partition coefficient (Wildman–Crippen LogP) is 3.50. The van der Waals surface area contributed by atoms with Crippen molar-refractivity contribution in [2.45, 2.75) is 51.0 Å². The van der Waals surface area contributed by atoms with Crippen molar-refractivity contribution in [3.05, 3.63) is 36.0 Å². The number of carbonyl (C=O) groups excluding carboxylic acids is 1. The summed E-state index contributed by atoms with van der Waals surface area (Å²) in [6.45, 7) is 0.688. The van der Waals surface area contributed by atoms with Gasteiger partial charge in [-0.05, 0) is 37.3 Å². The summed E-state index contributed by atoms with van der Waals surface area (Å²) in [6.07, 6.45) is 8.36. The quantitative estimate of drug-likeness (QED) is 0.853. The van der Waals surface area contributed by atoms with Gasteiger partial charge in [0.2, 0.25) is 5.91 Å². The molecule has 0 spiro atoms. The van der Waals surface area contributed by atoms with E-state index in [1.54, 1.807) is 0 Å². The van der Waals surface area contributed by atoms with Crippen LogP contribution >= 0.6 is 0 Å². The molecule has 0 bridgehead atoms. The molecule has 1 aromatic heterocycles. The molecule has 2 aromatic rings. The zero-order chi connectivity index (χ0) is 16.9. The van der Waals surface area contributed by atoms with Gasteiger partial charge in [0.15, 0.2) is 0 Å². The summed E-state index contributed by atoms with van der Waals surface area (Å²) in [5.74, 6) is 0.439. The Labute approximate surface area is 143 Å². The Balaban J connectivity index is 1.46. The molecule has 0 aliphatic heterocycles. The summed E-state index contributed by atoms with van der Waals surface area (Å²) in [5.41, 5.74) is 2.44. The number of nitrogens with one attached hydrogen (secondary N) is 1. The van der Waals surface area contributed by atoms with E-state index in [0.717, 1.165) is 37.6 Å². The molecule has 1 aliphatic carbocycles. The largest absolute Gasteiger partial charge is 0.393 e. The number of amides is 1. The first-order valence-corrected chi connectivity index (χ1v) is 9.12. The van der Waals surface area contributed by atoms with Crippen molar-refractivity contribution in [1.82, 2.24) is 9.88 Å². The molecule has 4 heteroatoms. The fourth-order valence-electron chi connectivity index (χ4n) is 3.81. The van der Waals surface area contributed by atoms with Crippen molar-refractivity contribution in [1.29, 1.82) is 0 Å². The van der Waals surface area contributed by atoms with E-state index in [0.29, 0.717) is 13.0 Å². The van der Waals surface area contributed by atoms with Crippen LogP contribution in [0.2, 0.25) is 0 Å². The van der Waals surface area contributed by atoms with Crippen molar-refractivity contribution in [3.63, 3.8) is 0 Å². The van der Waals surface area contributed by atoms with Gasteiger partial charge in [-0.25, -0.2) is 0 Å². The number of para-hydroxylation sites is 1. The highest BCUT2D eigenvalue weighted by Crippen LogP contribution is 2.25. The lowest BCUT2D eigenvalue weighted by Gasteiger charge is -2.31. The highest BCUT2D eigenvalue weighted by Gasteiger charge is 2.25. The van der Waals surface area contributed by atoms with Crippen LogP contribution in [0.5, 0.6) is 0 Å². The van der Waals surface area contributed by atoms with E-state index in [1.807, 2.05) is 24.1 Å². The molecule has 2 N–H and O–H groups in total. The van der Waals surface area contributed by atoms with Crippen LogP contribution in [0.1, 0.15) is 44.1 Å².